The van der Waals surface area contributed by atoms with E-state index in [0.29, 0.717) is 39.5 Å². The lowest BCUT2D eigenvalue weighted by molar-refractivity contribution is 0.229. The number of hydrogen-bond donors (Lipinski definition) is 1. The smallest absolute Gasteiger partial charge is 0.264 e. The molecule has 19 heavy (non-hydrogen) atoms. The number of rotatable bonds is 5. The topological polar surface area (TPSA) is 68.4 Å². The van der Waals surface area contributed by atoms with Crippen molar-refractivity contribution in [1.29, 1.82) is 0 Å². The lowest BCUT2D eigenvalue weighted by Gasteiger charge is -2.10. The molecule has 1 N–H and O–H groups in total. The number of benzene rings is 1. The highest BCUT2D eigenvalue weighted by Crippen LogP contribution is 2.32. The molecule has 1 heterocycles. The molecule has 0 amide bonds. The van der Waals surface area contributed by atoms with Crippen molar-refractivity contribution in [2.75, 3.05) is 0 Å². The highest BCUT2D eigenvalue weighted by atomic mass is 35.5. The van der Waals surface area contributed by atoms with Crippen LogP contribution in [0.5, 0.6) is 5.75 Å². The molecule has 1 aromatic heterocycles. The number of aryl methyl sites for hydroxylation is 1. The zero-order chi connectivity index (χ0) is 13.8. The van der Waals surface area contributed by atoms with Gasteiger partial charge in [0.1, 0.15) is 5.75 Å². The first-order valence-electron chi connectivity index (χ1n) is 5.67. The van der Waals surface area contributed by atoms with Crippen LogP contribution in [0.3, 0.4) is 0 Å². The molecule has 0 bridgehead atoms. The van der Waals surface area contributed by atoms with Crippen LogP contribution in [0, 0.1) is 0 Å². The third kappa shape index (κ3) is 3.37. The highest BCUT2D eigenvalue weighted by molar-refractivity contribution is 6.35. The molecule has 0 atom stereocenters. The van der Waals surface area contributed by atoms with E-state index in [1.54, 1.807) is 12.1 Å². The van der Waals surface area contributed by atoms with Gasteiger partial charge in [0.15, 0.2) is 12.4 Å². The third-order valence-corrected chi connectivity index (χ3v) is 2.92. The molecule has 0 fully saturated rings. The Balaban J connectivity index is 2.14. The van der Waals surface area contributed by atoms with Crippen molar-refractivity contribution in [3.63, 3.8) is 0 Å². The summed E-state index contributed by atoms with van der Waals surface area (Å²) in [5.41, 5.74) is 0.507. The van der Waals surface area contributed by atoms with Crippen molar-refractivity contribution in [3.8, 4) is 5.75 Å². The predicted octanol–water partition coefficient (Wildman–Crippen LogP) is 3.01. The first kappa shape index (κ1) is 14.1. The lowest BCUT2D eigenvalue weighted by atomic mass is 10.2. The Labute approximate surface area is 120 Å². The van der Waals surface area contributed by atoms with Gasteiger partial charge < -0.3 is 14.4 Å². The highest BCUT2D eigenvalue weighted by Gasteiger charge is 2.12. The van der Waals surface area contributed by atoms with Gasteiger partial charge in [-0.1, -0.05) is 35.3 Å². The van der Waals surface area contributed by atoms with E-state index in [9.17, 15) is 5.11 Å². The van der Waals surface area contributed by atoms with Gasteiger partial charge >= 0.3 is 0 Å². The van der Waals surface area contributed by atoms with Crippen LogP contribution in [0.2, 0.25) is 10.0 Å². The van der Waals surface area contributed by atoms with Crippen LogP contribution < -0.4 is 4.74 Å². The molecule has 0 aliphatic rings. The molecule has 7 heteroatoms. The van der Waals surface area contributed by atoms with E-state index in [4.69, 9.17) is 32.5 Å². The standard InChI is InChI=1S/C12H12Cl2N2O3/c1-2-10-15-11(19-16-10)6-18-12-7(5-17)3-8(13)4-9(12)14/h3-4,17H,2,5-6H2,1H3. The Morgan fingerprint density at radius 1 is 1.37 bits per heavy atom. The van der Waals surface area contributed by atoms with Crippen molar-refractivity contribution in [3.05, 3.63) is 39.5 Å². The molecular weight excluding hydrogens is 291 g/mol. The number of aliphatic hydroxyl groups excluding tert-OH is 1. The number of aromatic nitrogens is 2. The van der Waals surface area contributed by atoms with Crippen LogP contribution in [-0.2, 0) is 19.6 Å². The molecule has 2 aromatic rings. The molecule has 102 valence electrons. The van der Waals surface area contributed by atoms with Crippen LogP contribution in [0.15, 0.2) is 16.7 Å². The average Bonchev–Trinajstić information content (AvgIpc) is 2.84. The van der Waals surface area contributed by atoms with Gasteiger partial charge in [0, 0.05) is 17.0 Å². The zero-order valence-electron chi connectivity index (χ0n) is 10.2. The van der Waals surface area contributed by atoms with Gasteiger partial charge in [-0.3, -0.25) is 0 Å². The fourth-order valence-corrected chi connectivity index (χ4v) is 2.11. The minimum absolute atomic E-state index is 0.0847. The van der Waals surface area contributed by atoms with Crippen molar-refractivity contribution in [1.82, 2.24) is 10.1 Å². The molecule has 1 aromatic carbocycles. The second kappa shape index (κ2) is 6.23. The second-order valence-electron chi connectivity index (χ2n) is 3.78. The SMILES string of the molecule is CCc1noc(COc2c(Cl)cc(Cl)cc2CO)n1. The van der Waals surface area contributed by atoms with Crippen LogP contribution >= 0.6 is 23.2 Å². The summed E-state index contributed by atoms with van der Waals surface area (Å²) in [4.78, 5) is 4.11. The Morgan fingerprint density at radius 2 is 2.16 bits per heavy atom. The normalized spacial score (nSPS) is 10.7. The zero-order valence-corrected chi connectivity index (χ0v) is 11.7. The molecule has 2 rings (SSSR count). The fourth-order valence-electron chi connectivity index (χ4n) is 1.52. The summed E-state index contributed by atoms with van der Waals surface area (Å²) in [7, 11) is 0. The first-order valence-corrected chi connectivity index (χ1v) is 6.42. The first-order chi connectivity index (χ1) is 9.13. The van der Waals surface area contributed by atoms with E-state index in [0.717, 1.165) is 0 Å². The van der Waals surface area contributed by atoms with Gasteiger partial charge in [0.2, 0.25) is 0 Å². The Morgan fingerprint density at radius 3 is 2.79 bits per heavy atom. The van der Waals surface area contributed by atoms with Crippen molar-refractivity contribution in [2.24, 2.45) is 0 Å². The molecule has 0 spiro atoms. The number of ether oxygens (including phenoxy) is 1. The van der Waals surface area contributed by atoms with Crippen molar-refractivity contribution in [2.45, 2.75) is 26.6 Å². The van der Waals surface area contributed by atoms with Crippen LogP contribution in [0.1, 0.15) is 24.2 Å². The number of halogens is 2. The minimum atomic E-state index is -0.223. The maximum Gasteiger partial charge on any atom is 0.264 e. The second-order valence-corrected chi connectivity index (χ2v) is 4.62. The minimum Gasteiger partial charge on any atom is -0.482 e. The molecule has 0 saturated carbocycles. The number of aliphatic hydroxyl groups is 1. The number of hydrogen-bond acceptors (Lipinski definition) is 5. The summed E-state index contributed by atoms with van der Waals surface area (Å²) >= 11 is 11.9. The van der Waals surface area contributed by atoms with E-state index >= 15 is 0 Å². The summed E-state index contributed by atoms with van der Waals surface area (Å²) in [6, 6.07) is 3.14. The molecular formula is C12H12Cl2N2O3. The summed E-state index contributed by atoms with van der Waals surface area (Å²) in [6.45, 7) is 1.79. The van der Waals surface area contributed by atoms with Crippen LogP contribution in [0.4, 0.5) is 0 Å². The van der Waals surface area contributed by atoms with Gasteiger partial charge in [-0.2, -0.15) is 4.98 Å². The maximum absolute atomic E-state index is 9.26. The monoisotopic (exact) mass is 302 g/mol. The fraction of sp³-hybridized carbons (Fsp3) is 0.333. The van der Waals surface area contributed by atoms with E-state index in [1.807, 2.05) is 6.92 Å². The lowest BCUT2D eigenvalue weighted by Crippen LogP contribution is -2.00. The van der Waals surface area contributed by atoms with E-state index in [1.165, 1.54) is 0 Å². The van der Waals surface area contributed by atoms with Crippen LogP contribution in [-0.4, -0.2) is 15.2 Å². The molecule has 5 nitrogen and oxygen atoms in total. The average molecular weight is 303 g/mol. The van der Waals surface area contributed by atoms with Gasteiger partial charge in [-0.15, -0.1) is 0 Å². The van der Waals surface area contributed by atoms with Gasteiger partial charge in [-0.05, 0) is 12.1 Å². The van der Waals surface area contributed by atoms with Gasteiger partial charge in [-0.25, -0.2) is 0 Å². The van der Waals surface area contributed by atoms with Gasteiger partial charge in [0.05, 0.1) is 11.6 Å². The Hall–Kier alpha value is -1.30. The molecule has 0 unspecified atom stereocenters. The third-order valence-electron chi connectivity index (χ3n) is 2.42. The van der Waals surface area contributed by atoms with E-state index in [-0.39, 0.29) is 13.2 Å². The predicted molar refractivity (Wildman–Crippen MR) is 70.4 cm³/mol. The quantitative estimate of drug-likeness (QED) is 0.919. The van der Waals surface area contributed by atoms with Crippen LogP contribution in [0.25, 0.3) is 0 Å². The molecule has 0 aliphatic carbocycles. The molecule has 0 radical (unpaired) electrons. The summed E-state index contributed by atoms with van der Waals surface area (Å²) in [5.74, 6) is 1.33. The summed E-state index contributed by atoms with van der Waals surface area (Å²) in [5, 5.41) is 13.8. The number of nitrogens with zero attached hydrogens (tertiary/aromatic N) is 2. The molecule has 0 aliphatic heterocycles. The van der Waals surface area contributed by atoms with E-state index < -0.39 is 0 Å². The van der Waals surface area contributed by atoms with Gasteiger partial charge in [0.25, 0.3) is 5.89 Å². The summed E-state index contributed by atoms with van der Waals surface area (Å²) in [6.07, 6.45) is 0.688. The maximum atomic E-state index is 9.26. The van der Waals surface area contributed by atoms with E-state index in [2.05, 4.69) is 10.1 Å². The van der Waals surface area contributed by atoms with Crippen molar-refractivity contribution < 1.29 is 14.4 Å². The Kier molecular flexibility index (Phi) is 4.63. The summed E-state index contributed by atoms with van der Waals surface area (Å²) < 4.78 is 10.5. The Bertz CT molecular complexity index is 572. The molecule has 0 saturated heterocycles. The largest absolute Gasteiger partial charge is 0.482 e. The van der Waals surface area contributed by atoms with Crippen molar-refractivity contribution >= 4 is 23.2 Å².